The molecule has 1 atom stereocenters. The lowest BCUT2D eigenvalue weighted by Crippen LogP contribution is -2.08. The maximum Gasteiger partial charge on any atom is 0.161 e. The molecule has 21 heavy (non-hydrogen) atoms. The second kappa shape index (κ2) is 6.35. The summed E-state index contributed by atoms with van der Waals surface area (Å²) in [5.41, 5.74) is 2.12. The molecule has 3 rings (SSSR count). The molecule has 1 aromatic carbocycles. The first-order valence-corrected chi connectivity index (χ1v) is 7.80. The van der Waals surface area contributed by atoms with Crippen molar-refractivity contribution in [2.75, 3.05) is 18.5 Å². The quantitative estimate of drug-likeness (QED) is 0.845. The van der Waals surface area contributed by atoms with E-state index >= 15 is 0 Å². The van der Waals surface area contributed by atoms with Gasteiger partial charge in [0.2, 0.25) is 0 Å². The summed E-state index contributed by atoms with van der Waals surface area (Å²) in [5.74, 6) is 1.65. The fraction of sp³-hybridized carbons (Fsp3) is 0.312. The number of rotatable bonds is 3. The first-order chi connectivity index (χ1) is 10.2. The maximum atomic E-state index is 5.74. The van der Waals surface area contributed by atoms with Gasteiger partial charge in [0.15, 0.2) is 11.5 Å². The summed E-state index contributed by atoms with van der Waals surface area (Å²) < 4.78 is 12.2. The first-order valence-electron chi connectivity index (χ1n) is 7.00. The van der Waals surface area contributed by atoms with Crippen LogP contribution in [0.3, 0.4) is 0 Å². The zero-order chi connectivity index (χ0) is 14.7. The molecule has 1 unspecified atom stereocenters. The van der Waals surface area contributed by atoms with Crippen molar-refractivity contribution >= 4 is 21.6 Å². The van der Waals surface area contributed by atoms with Crippen LogP contribution in [0.25, 0.3) is 0 Å². The lowest BCUT2D eigenvalue weighted by molar-refractivity contribution is 0.297. The molecule has 0 bridgehead atoms. The van der Waals surface area contributed by atoms with Gasteiger partial charge < -0.3 is 14.8 Å². The number of halogens is 1. The Balaban J connectivity index is 1.80. The lowest BCUT2D eigenvalue weighted by Gasteiger charge is -2.18. The topological polar surface area (TPSA) is 43.4 Å². The average molecular weight is 349 g/mol. The number of hydrogen-bond donors (Lipinski definition) is 1. The van der Waals surface area contributed by atoms with Crippen molar-refractivity contribution in [2.24, 2.45) is 0 Å². The minimum atomic E-state index is 0.141. The van der Waals surface area contributed by atoms with E-state index in [1.807, 2.05) is 24.3 Å². The monoisotopic (exact) mass is 348 g/mol. The van der Waals surface area contributed by atoms with Crippen molar-refractivity contribution in [3.63, 3.8) is 0 Å². The largest absolute Gasteiger partial charge is 0.490 e. The van der Waals surface area contributed by atoms with Crippen LogP contribution in [0.15, 0.2) is 41.1 Å². The predicted molar refractivity (Wildman–Crippen MR) is 86.0 cm³/mol. The van der Waals surface area contributed by atoms with Crippen LogP contribution >= 0.6 is 15.9 Å². The highest BCUT2D eigenvalue weighted by atomic mass is 79.9. The Morgan fingerprint density at radius 3 is 2.81 bits per heavy atom. The fourth-order valence-corrected chi connectivity index (χ4v) is 2.62. The van der Waals surface area contributed by atoms with Crippen molar-refractivity contribution in [2.45, 2.75) is 19.4 Å². The van der Waals surface area contributed by atoms with Gasteiger partial charge in [0.05, 0.1) is 18.9 Å². The Hall–Kier alpha value is -1.75. The summed E-state index contributed by atoms with van der Waals surface area (Å²) in [6, 6.07) is 10.1. The molecule has 0 saturated carbocycles. The molecular formula is C16H17BrN2O2. The number of anilines is 1. The average Bonchev–Trinajstić information content (AvgIpc) is 2.74. The van der Waals surface area contributed by atoms with E-state index < -0.39 is 0 Å². The second-order valence-electron chi connectivity index (χ2n) is 4.96. The van der Waals surface area contributed by atoms with Crippen LogP contribution in [0, 0.1) is 0 Å². The van der Waals surface area contributed by atoms with Gasteiger partial charge in [-0.05, 0) is 52.7 Å². The van der Waals surface area contributed by atoms with E-state index in [1.165, 1.54) is 0 Å². The minimum Gasteiger partial charge on any atom is -0.490 e. The molecule has 2 heterocycles. The molecule has 2 aromatic rings. The van der Waals surface area contributed by atoms with Crippen LogP contribution in [-0.2, 0) is 0 Å². The minimum absolute atomic E-state index is 0.141. The first kappa shape index (κ1) is 14.2. The predicted octanol–water partition coefficient (Wildman–Crippen LogP) is 4.18. The summed E-state index contributed by atoms with van der Waals surface area (Å²) >= 11 is 3.45. The smallest absolute Gasteiger partial charge is 0.161 e. The SMILES string of the molecule is CC(Nc1cccnc1Br)c1ccc2c(c1)OCCCO2. The highest BCUT2D eigenvalue weighted by molar-refractivity contribution is 9.10. The zero-order valence-corrected chi connectivity index (χ0v) is 13.4. The zero-order valence-electron chi connectivity index (χ0n) is 11.8. The summed E-state index contributed by atoms with van der Waals surface area (Å²) in [6.07, 6.45) is 2.67. The molecule has 0 radical (unpaired) electrons. The molecule has 4 nitrogen and oxygen atoms in total. The molecule has 1 aliphatic rings. The van der Waals surface area contributed by atoms with Gasteiger partial charge in [0, 0.05) is 18.7 Å². The molecule has 1 aromatic heterocycles. The van der Waals surface area contributed by atoms with Crippen LogP contribution in [0.5, 0.6) is 11.5 Å². The van der Waals surface area contributed by atoms with E-state index in [0.717, 1.165) is 33.8 Å². The Morgan fingerprint density at radius 1 is 1.19 bits per heavy atom. The van der Waals surface area contributed by atoms with Gasteiger partial charge in [-0.25, -0.2) is 4.98 Å². The van der Waals surface area contributed by atoms with Crippen LogP contribution in [0.1, 0.15) is 24.9 Å². The van der Waals surface area contributed by atoms with E-state index in [0.29, 0.717) is 13.2 Å². The van der Waals surface area contributed by atoms with Gasteiger partial charge in [0.25, 0.3) is 0 Å². The molecule has 1 aliphatic heterocycles. The summed E-state index contributed by atoms with van der Waals surface area (Å²) in [4.78, 5) is 4.22. The Labute approximate surface area is 132 Å². The molecule has 0 fully saturated rings. The summed E-state index contributed by atoms with van der Waals surface area (Å²) in [5, 5.41) is 3.44. The van der Waals surface area contributed by atoms with Crippen molar-refractivity contribution in [1.82, 2.24) is 4.98 Å². The van der Waals surface area contributed by atoms with Crippen LogP contribution in [0.2, 0.25) is 0 Å². The lowest BCUT2D eigenvalue weighted by atomic mass is 10.1. The van der Waals surface area contributed by atoms with Crippen molar-refractivity contribution < 1.29 is 9.47 Å². The number of pyridine rings is 1. The standard InChI is InChI=1S/C16H17BrN2O2/c1-11(19-13-4-2-7-18-16(13)17)12-5-6-14-15(10-12)21-9-3-8-20-14/h2,4-7,10-11,19H,3,8-9H2,1H3. The highest BCUT2D eigenvalue weighted by Gasteiger charge is 2.14. The van der Waals surface area contributed by atoms with Crippen molar-refractivity contribution in [3.05, 3.63) is 46.7 Å². The third kappa shape index (κ3) is 3.29. The normalized spacial score (nSPS) is 15.1. The van der Waals surface area contributed by atoms with Gasteiger partial charge in [-0.2, -0.15) is 0 Å². The van der Waals surface area contributed by atoms with Gasteiger partial charge in [-0.15, -0.1) is 0 Å². The molecule has 0 saturated heterocycles. The van der Waals surface area contributed by atoms with Gasteiger partial charge >= 0.3 is 0 Å². The number of aromatic nitrogens is 1. The third-order valence-corrected chi connectivity index (χ3v) is 4.03. The van der Waals surface area contributed by atoms with Crippen molar-refractivity contribution in [3.8, 4) is 11.5 Å². The maximum absolute atomic E-state index is 5.74. The van der Waals surface area contributed by atoms with Crippen LogP contribution in [-0.4, -0.2) is 18.2 Å². The number of hydrogen-bond acceptors (Lipinski definition) is 4. The Morgan fingerprint density at radius 2 is 2.00 bits per heavy atom. The number of fused-ring (bicyclic) bond motifs is 1. The summed E-state index contributed by atoms with van der Waals surface area (Å²) in [6.45, 7) is 3.52. The molecule has 0 spiro atoms. The summed E-state index contributed by atoms with van der Waals surface area (Å²) in [7, 11) is 0. The number of ether oxygens (including phenoxy) is 2. The van der Waals surface area contributed by atoms with Gasteiger partial charge in [-0.3, -0.25) is 0 Å². The second-order valence-corrected chi connectivity index (χ2v) is 5.72. The Kier molecular flexibility index (Phi) is 4.29. The van der Waals surface area contributed by atoms with E-state index in [4.69, 9.17) is 9.47 Å². The van der Waals surface area contributed by atoms with E-state index in [-0.39, 0.29) is 6.04 Å². The van der Waals surface area contributed by atoms with Crippen LogP contribution in [0.4, 0.5) is 5.69 Å². The van der Waals surface area contributed by atoms with Gasteiger partial charge in [-0.1, -0.05) is 6.07 Å². The Bertz CT molecular complexity index is 633. The molecule has 0 aliphatic carbocycles. The van der Waals surface area contributed by atoms with E-state index in [1.54, 1.807) is 6.20 Å². The van der Waals surface area contributed by atoms with E-state index in [9.17, 15) is 0 Å². The molecule has 1 N–H and O–H groups in total. The molecule has 0 amide bonds. The molecule has 110 valence electrons. The fourth-order valence-electron chi connectivity index (χ4n) is 2.26. The van der Waals surface area contributed by atoms with E-state index in [2.05, 4.69) is 39.2 Å². The highest BCUT2D eigenvalue weighted by Crippen LogP contribution is 2.33. The third-order valence-electron chi connectivity index (χ3n) is 3.40. The number of nitrogens with zero attached hydrogens (tertiary/aromatic N) is 1. The number of nitrogens with one attached hydrogen (secondary N) is 1. The van der Waals surface area contributed by atoms with Crippen LogP contribution < -0.4 is 14.8 Å². The van der Waals surface area contributed by atoms with Crippen molar-refractivity contribution in [1.29, 1.82) is 0 Å². The molecular weight excluding hydrogens is 332 g/mol. The van der Waals surface area contributed by atoms with Gasteiger partial charge in [0.1, 0.15) is 4.60 Å². The molecule has 5 heteroatoms. The number of benzene rings is 1.